The molecule has 1 aliphatic rings. The van der Waals surface area contributed by atoms with E-state index in [-0.39, 0.29) is 11.6 Å². The second-order valence-electron chi connectivity index (χ2n) is 6.54. The van der Waals surface area contributed by atoms with Crippen LogP contribution in [-0.4, -0.2) is 36.1 Å². The van der Waals surface area contributed by atoms with Gasteiger partial charge in [0.2, 0.25) is 0 Å². The van der Waals surface area contributed by atoms with E-state index in [1.54, 1.807) is 0 Å². The molecule has 17 heavy (non-hydrogen) atoms. The lowest BCUT2D eigenvalue weighted by atomic mass is 9.92. The summed E-state index contributed by atoms with van der Waals surface area (Å²) in [5, 5.41) is 0. The summed E-state index contributed by atoms with van der Waals surface area (Å²) in [6, 6.07) is 0. The van der Waals surface area contributed by atoms with Crippen molar-refractivity contribution in [3.8, 4) is 0 Å². The maximum atomic E-state index is 11.6. The highest BCUT2D eigenvalue weighted by atomic mass is 16.6. The van der Waals surface area contributed by atoms with E-state index in [9.17, 15) is 4.79 Å². The Kier molecular flexibility index (Phi) is 4.99. The van der Waals surface area contributed by atoms with Crippen molar-refractivity contribution in [1.29, 1.82) is 0 Å². The minimum absolute atomic E-state index is 0.0802. The third-order valence-electron chi connectivity index (χ3n) is 3.00. The quantitative estimate of drug-likeness (QED) is 0.712. The van der Waals surface area contributed by atoms with Crippen LogP contribution in [0.1, 0.15) is 47.5 Å². The van der Waals surface area contributed by atoms with Crippen molar-refractivity contribution in [3.05, 3.63) is 0 Å². The molecule has 0 bridgehead atoms. The van der Waals surface area contributed by atoms with Gasteiger partial charge in [-0.25, -0.2) is 0 Å². The summed E-state index contributed by atoms with van der Waals surface area (Å²) in [6.07, 6.45) is 1.82. The van der Waals surface area contributed by atoms with Crippen LogP contribution < -0.4 is 0 Å². The molecule has 0 amide bonds. The van der Waals surface area contributed by atoms with Gasteiger partial charge in [0, 0.05) is 19.6 Å². The van der Waals surface area contributed by atoms with Gasteiger partial charge in [-0.2, -0.15) is 0 Å². The molecule has 3 heteroatoms. The average Bonchev–Trinajstić information content (AvgIpc) is 2.10. The van der Waals surface area contributed by atoms with Crippen molar-refractivity contribution in [1.82, 2.24) is 4.90 Å². The number of esters is 1. The summed E-state index contributed by atoms with van der Waals surface area (Å²) in [5.74, 6) is 1.41. The number of carbonyl (C=O) groups is 1. The highest BCUT2D eigenvalue weighted by Crippen LogP contribution is 2.21. The Labute approximate surface area is 106 Å². The molecule has 0 radical (unpaired) electrons. The molecule has 0 aromatic carbocycles. The number of carbonyl (C=O) groups excluding carboxylic acids is 1. The van der Waals surface area contributed by atoms with Gasteiger partial charge in [-0.05, 0) is 39.0 Å². The van der Waals surface area contributed by atoms with Gasteiger partial charge in [0.05, 0.1) is 6.42 Å². The summed E-state index contributed by atoms with van der Waals surface area (Å²) >= 11 is 0. The molecule has 2 atom stereocenters. The molecule has 1 aliphatic heterocycles. The van der Waals surface area contributed by atoms with Crippen molar-refractivity contribution in [2.45, 2.75) is 53.1 Å². The molecule has 100 valence electrons. The monoisotopic (exact) mass is 241 g/mol. The van der Waals surface area contributed by atoms with E-state index >= 15 is 0 Å². The van der Waals surface area contributed by atoms with Gasteiger partial charge in [0.1, 0.15) is 5.60 Å². The van der Waals surface area contributed by atoms with E-state index in [2.05, 4.69) is 18.7 Å². The zero-order chi connectivity index (χ0) is 13.1. The van der Waals surface area contributed by atoms with Gasteiger partial charge < -0.3 is 9.64 Å². The minimum atomic E-state index is -0.362. The molecule has 1 rings (SSSR count). The smallest absolute Gasteiger partial charge is 0.307 e. The van der Waals surface area contributed by atoms with Crippen LogP contribution in [-0.2, 0) is 9.53 Å². The molecule has 0 aromatic rings. The van der Waals surface area contributed by atoms with Crippen LogP contribution in [0.4, 0.5) is 0 Å². The van der Waals surface area contributed by atoms with Gasteiger partial charge >= 0.3 is 5.97 Å². The first kappa shape index (κ1) is 14.5. The number of piperidine rings is 1. The molecule has 2 unspecified atom stereocenters. The van der Waals surface area contributed by atoms with Gasteiger partial charge in [0.15, 0.2) is 0 Å². The van der Waals surface area contributed by atoms with E-state index in [1.165, 1.54) is 6.42 Å². The Morgan fingerprint density at radius 1 is 1.24 bits per heavy atom. The van der Waals surface area contributed by atoms with E-state index in [0.717, 1.165) is 31.5 Å². The van der Waals surface area contributed by atoms with Crippen molar-refractivity contribution in [2.24, 2.45) is 11.8 Å². The van der Waals surface area contributed by atoms with Crippen LogP contribution in [0.2, 0.25) is 0 Å². The van der Waals surface area contributed by atoms with E-state index < -0.39 is 0 Å². The Bertz CT molecular complexity index is 247. The molecule has 0 saturated carbocycles. The maximum absolute atomic E-state index is 11.6. The fraction of sp³-hybridized carbons (Fsp3) is 0.929. The summed E-state index contributed by atoms with van der Waals surface area (Å²) < 4.78 is 5.32. The average molecular weight is 241 g/mol. The zero-order valence-corrected chi connectivity index (χ0v) is 12.0. The van der Waals surface area contributed by atoms with Crippen molar-refractivity contribution < 1.29 is 9.53 Å². The first-order chi connectivity index (χ1) is 7.76. The molecule has 0 aliphatic carbocycles. The minimum Gasteiger partial charge on any atom is -0.460 e. The summed E-state index contributed by atoms with van der Waals surface area (Å²) in [5.41, 5.74) is -0.362. The molecule has 1 heterocycles. The Morgan fingerprint density at radius 3 is 2.24 bits per heavy atom. The Morgan fingerprint density at radius 2 is 1.76 bits per heavy atom. The van der Waals surface area contributed by atoms with Crippen molar-refractivity contribution >= 4 is 5.97 Å². The van der Waals surface area contributed by atoms with E-state index in [1.807, 2.05) is 20.8 Å². The number of nitrogens with zero attached hydrogens (tertiary/aromatic N) is 1. The summed E-state index contributed by atoms with van der Waals surface area (Å²) in [4.78, 5) is 14.0. The molecular weight excluding hydrogens is 214 g/mol. The number of rotatable bonds is 3. The molecular formula is C14H27NO2. The van der Waals surface area contributed by atoms with Crippen LogP contribution in [0.3, 0.4) is 0 Å². The molecule has 1 saturated heterocycles. The predicted octanol–water partition coefficient (Wildman–Crippen LogP) is 2.70. The largest absolute Gasteiger partial charge is 0.460 e. The van der Waals surface area contributed by atoms with Crippen LogP contribution in [0.15, 0.2) is 0 Å². The molecule has 1 fully saturated rings. The fourth-order valence-electron chi connectivity index (χ4n) is 2.62. The molecule has 0 aromatic heterocycles. The van der Waals surface area contributed by atoms with Gasteiger partial charge in [-0.1, -0.05) is 13.8 Å². The van der Waals surface area contributed by atoms with E-state index in [0.29, 0.717) is 6.42 Å². The van der Waals surface area contributed by atoms with Crippen molar-refractivity contribution in [3.63, 3.8) is 0 Å². The first-order valence-corrected chi connectivity index (χ1v) is 6.70. The standard InChI is InChI=1S/C14H27NO2/c1-11-8-12(2)10-15(9-11)7-6-13(16)17-14(3,4)5/h11-12H,6-10H2,1-5H3. The Hall–Kier alpha value is -0.570. The molecule has 0 spiro atoms. The number of hydrogen-bond acceptors (Lipinski definition) is 3. The molecule has 0 N–H and O–H groups in total. The van der Waals surface area contributed by atoms with Crippen LogP contribution in [0.25, 0.3) is 0 Å². The lowest BCUT2D eigenvalue weighted by Gasteiger charge is -2.34. The SMILES string of the molecule is CC1CC(C)CN(CCC(=O)OC(C)(C)C)C1. The second-order valence-corrected chi connectivity index (χ2v) is 6.54. The number of hydrogen-bond donors (Lipinski definition) is 0. The topological polar surface area (TPSA) is 29.5 Å². The fourth-order valence-corrected chi connectivity index (χ4v) is 2.62. The van der Waals surface area contributed by atoms with Crippen LogP contribution in [0.5, 0.6) is 0 Å². The third-order valence-corrected chi connectivity index (χ3v) is 3.00. The summed E-state index contributed by atoms with van der Waals surface area (Å²) in [6.45, 7) is 13.4. The van der Waals surface area contributed by atoms with Crippen LogP contribution in [0, 0.1) is 11.8 Å². The lowest BCUT2D eigenvalue weighted by Crippen LogP contribution is -2.40. The van der Waals surface area contributed by atoms with Crippen molar-refractivity contribution in [2.75, 3.05) is 19.6 Å². The van der Waals surface area contributed by atoms with E-state index in [4.69, 9.17) is 4.74 Å². The predicted molar refractivity (Wildman–Crippen MR) is 69.8 cm³/mol. The highest BCUT2D eigenvalue weighted by molar-refractivity contribution is 5.70. The normalized spacial score (nSPS) is 26.9. The van der Waals surface area contributed by atoms with Gasteiger partial charge in [-0.3, -0.25) is 4.79 Å². The van der Waals surface area contributed by atoms with Gasteiger partial charge in [0.25, 0.3) is 0 Å². The highest BCUT2D eigenvalue weighted by Gasteiger charge is 2.23. The Balaban J connectivity index is 2.28. The maximum Gasteiger partial charge on any atom is 0.307 e. The van der Waals surface area contributed by atoms with Crippen LogP contribution >= 0.6 is 0 Å². The summed E-state index contributed by atoms with van der Waals surface area (Å²) in [7, 11) is 0. The number of ether oxygens (including phenoxy) is 1. The third kappa shape index (κ3) is 6.06. The second kappa shape index (κ2) is 5.85. The van der Waals surface area contributed by atoms with Gasteiger partial charge in [-0.15, -0.1) is 0 Å². The first-order valence-electron chi connectivity index (χ1n) is 6.70. The lowest BCUT2D eigenvalue weighted by molar-refractivity contribution is -0.155. The molecule has 3 nitrogen and oxygen atoms in total. The number of likely N-dealkylation sites (tertiary alicyclic amines) is 1. The zero-order valence-electron chi connectivity index (χ0n) is 12.0.